The molecule has 0 unspecified atom stereocenters. The van der Waals surface area contributed by atoms with Crippen LogP contribution in [0.4, 0.5) is 0 Å². The molecule has 8 bridgehead atoms. The second-order valence-electron chi connectivity index (χ2n) is 11.1. The average molecular weight is 577 g/mol. The smallest absolute Gasteiger partial charge is 0.303 e. The van der Waals surface area contributed by atoms with Crippen molar-refractivity contribution in [1.29, 1.82) is 0 Å². The molecule has 0 fully saturated rings. The molecule has 0 saturated heterocycles. The Hall–Kier alpha value is -4.98. The number of allylic oxidation sites excluding steroid dienone is 4. The highest BCUT2D eigenvalue weighted by atomic mass is 16.4. The first-order valence-electron chi connectivity index (χ1n) is 14.3. The van der Waals surface area contributed by atoms with Crippen LogP contribution in [0.2, 0.25) is 0 Å². The predicted octanol–water partition coefficient (Wildman–Crippen LogP) is 7.82. The molecule has 0 aromatic carbocycles. The normalized spacial score (nSPS) is 13.0. The highest BCUT2D eigenvalue weighted by Gasteiger charge is 2.23. The van der Waals surface area contributed by atoms with Gasteiger partial charge >= 0.3 is 11.9 Å². The number of nitrogens with one attached hydrogen (secondary N) is 1. The van der Waals surface area contributed by atoms with Gasteiger partial charge in [-0.1, -0.05) is 25.3 Å². The van der Waals surface area contributed by atoms with E-state index in [0.29, 0.717) is 24.2 Å². The van der Waals surface area contributed by atoms with E-state index in [1.807, 2.05) is 51.2 Å². The zero-order valence-electron chi connectivity index (χ0n) is 25.3. The van der Waals surface area contributed by atoms with Gasteiger partial charge in [0.2, 0.25) is 0 Å². The molecule has 0 amide bonds. The van der Waals surface area contributed by atoms with Crippen LogP contribution in [0.3, 0.4) is 0 Å². The molecule has 43 heavy (non-hydrogen) atoms. The number of rotatable bonds is 8. The van der Waals surface area contributed by atoms with Gasteiger partial charge in [0, 0.05) is 47.6 Å². The third-order valence-electron chi connectivity index (χ3n) is 8.62. The lowest BCUT2D eigenvalue weighted by atomic mass is 9.98. The number of hydrogen-bond donors (Lipinski definition) is 3. The Labute approximate surface area is 250 Å². The van der Waals surface area contributed by atoms with Crippen molar-refractivity contribution in [1.82, 2.24) is 19.5 Å². The summed E-state index contributed by atoms with van der Waals surface area (Å²) in [4.78, 5) is 36.7. The Morgan fingerprint density at radius 1 is 0.744 bits per heavy atom. The minimum atomic E-state index is -0.887. The average Bonchev–Trinajstić information content (AvgIpc) is 3.59. The summed E-state index contributed by atoms with van der Waals surface area (Å²) in [7, 11) is 2.02. The van der Waals surface area contributed by atoms with Gasteiger partial charge < -0.3 is 19.8 Å². The second kappa shape index (κ2) is 11.4. The molecule has 0 radical (unpaired) electrons. The van der Waals surface area contributed by atoms with E-state index < -0.39 is 11.9 Å². The maximum absolute atomic E-state index is 11.6. The fraction of sp³-hybridized carbons (Fsp3) is 0.257. The third-order valence-corrected chi connectivity index (χ3v) is 8.62. The van der Waals surface area contributed by atoms with Gasteiger partial charge in [0.1, 0.15) is 0 Å². The topological polar surface area (TPSA) is 121 Å². The van der Waals surface area contributed by atoms with Crippen LogP contribution in [0.5, 0.6) is 0 Å². The van der Waals surface area contributed by atoms with E-state index in [0.717, 1.165) is 78.0 Å². The number of fused-ring (bicyclic) bond motifs is 8. The van der Waals surface area contributed by atoms with Crippen molar-refractivity contribution >= 4 is 68.4 Å². The predicted molar refractivity (Wildman–Crippen MR) is 174 cm³/mol. The molecule has 220 valence electrons. The highest BCUT2D eigenvalue weighted by molar-refractivity contribution is 5.97. The minimum absolute atomic E-state index is 0.0350. The van der Waals surface area contributed by atoms with E-state index in [-0.39, 0.29) is 12.8 Å². The van der Waals surface area contributed by atoms with Gasteiger partial charge in [-0.2, -0.15) is 0 Å². The number of aryl methyl sites for hydroxylation is 3. The quantitative estimate of drug-likeness (QED) is 0.251. The number of aromatic nitrogens is 4. The van der Waals surface area contributed by atoms with Crippen LogP contribution >= 0.6 is 0 Å². The van der Waals surface area contributed by atoms with Gasteiger partial charge in [-0.3, -0.25) is 9.59 Å². The van der Waals surface area contributed by atoms with E-state index in [1.54, 1.807) is 0 Å². The molecule has 3 aromatic rings. The van der Waals surface area contributed by atoms with Crippen LogP contribution < -0.4 is 0 Å². The molecule has 3 N–H and O–H groups in total. The van der Waals surface area contributed by atoms with Crippen LogP contribution in [0.25, 0.3) is 56.5 Å². The molecule has 5 heterocycles. The minimum Gasteiger partial charge on any atom is -0.481 e. The van der Waals surface area contributed by atoms with Crippen molar-refractivity contribution < 1.29 is 19.8 Å². The Morgan fingerprint density at radius 2 is 1.28 bits per heavy atom. The number of aliphatic carboxylic acids is 2. The number of carboxylic acid groups (broad SMARTS) is 2. The Balaban J connectivity index is 1.97. The van der Waals surface area contributed by atoms with Crippen molar-refractivity contribution in [3.8, 4) is 0 Å². The van der Waals surface area contributed by atoms with Crippen molar-refractivity contribution in [3.63, 3.8) is 0 Å². The SMILES string of the molecule is C=Cc1c(C)c2cc3c(C=C)c(C)c(cc4nc(cc5nc(cc1[nH]2)C(C)=C5CCC(=O)O)C(CCC(=O)O)=C4C)n3C. The first kappa shape index (κ1) is 29.5. The number of H-pyrrole nitrogens is 1. The van der Waals surface area contributed by atoms with Crippen LogP contribution in [-0.2, 0) is 16.6 Å². The fourth-order valence-electron chi connectivity index (χ4n) is 6.11. The van der Waals surface area contributed by atoms with Gasteiger partial charge in [-0.15, -0.1) is 0 Å². The highest BCUT2D eigenvalue weighted by Crippen LogP contribution is 2.38. The summed E-state index contributed by atoms with van der Waals surface area (Å²) in [6.45, 7) is 16.2. The first-order chi connectivity index (χ1) is 20.4. The molecule has 2 aliphatic rings. The summed E-state index contributed by atoms with van der Waals surface area (Å²) < 4.78 is 2.13. The van der Waals surface area contributed by atoms with E-state index >= 15 is 0 Å². The van der Waals surface area contributed by atoms with Gasteiger partial charge in [0.15, 0.2) is 0 Å². The largest absolute Gasteiger partial charge is 0.481 e. The Morgan fingerprint density at radius 3 is 1.79 bits per heavy atom. The standard InChI is InChI=1S/C35H36N4O4/c1-8-22-18(3)28-17-33-23(9-2)21(6)32(39(33)7)16-27-20(5)25(11-13-35(42)43)31(38-27)15-30-24(10-12-34(40)41)19(4)26(36-30)14-29(22)37-28/h8-9,14-17,37H,1-2,10-13H2,3-7H3,(H,40,41)(H,42,43). The van der Waals surface area contributed by atoms with Crippen molar-refractivity contribution in [2.24, 2.45) is 7.05 Å². The molecule has 3 aromatic heterocycles. The van der Waals surface area contributed by atoms with Gasteiger partial charge in [0.25, 0.3) is 0 Å². The molecule has 8 nitrogen and oxygen atoms in total. The molecular weight excluding hydrogens is 540 g/mol. The molecule has 0 saturated carbocycles. The van der Waals surface area contributed by atoms with Crippen molar-refractivity contribution in [2.75, 3.05) is 0 Å². The van der Waals surface area contributed by atoms with Crippen LogP contribution in [0.1, 0.15) is 84.6 Å². The zero-order valence-corrected chi connectivity index (χ0v) is 25.3. The lowest BCUT2D eigenvalue weighted by Gasteiger charge is -2.05. The molecule has 0 spiro atoms. The maximum Gasteiger partial charge on any atom is 0.303 e. The van der Waals surface area contributed by atoms with E-state index in [4.69, 9.17) is 9.97 Å². The monoisotopic (exact) mass is 576 g/mol. The Bertz CT molecular complexity index is 1970. The molecule has 0 atom stereocenters. The summed E-state index contributed by atoms with van der Waals surface area (Å²) in [6, 6.07) is 8.01. The van der Waals surface area contributed by atoms with Crippen molar-refractivity contribution in [3.05, 3.63) is 82.5 Å². The maximum atomic E-state index is 11.6. The van der Waals surface area contributed by atoms with E-state index in [9.17, 15) is 19.8 Å². The molecule has 2 aliphatic heterocycles. The van der Waals surface area contributed by atoms with Crippen LogP contribution in [0, 0.1) is 13.8 Å². The lowest BCUT2D eigenvalue weighted by molar-refractivity contribution is -0.137. The number of hydrogen-bond acceptors (Lipinski definition) is 4. The fourth-order valence-corrected chi connectivity index (χ4v) is 6.11. The molecule has 5 rings (SSSR count). The van der Waals surface area contributed by atoms with Crippen LogP contribution in [0.15, 0.2) is 37.4 Å². The first-order valence-corrected chi connectivity index (χ1v) is 14.3. The van der Waals surface area contributed by atoms with Gasteiger partial charge in [0.05, 0.1) is 28.3 Å². The second-order valence-corrected chi connectivity index (χ2v) is 11.1. The molecular formula is C35H36N4O4. The summed E-state index contributed by atoms with van der Waals surface area (Å²) in [5, 5.41) is 19.0. The van der Waals surface area contributed by atoms with Crippen LogP contribution in [-0.4, -0.2) is 41.7 Å². The summed E-state index contributed by atoms with van der Waals surface area (Å²) in [6.07, 6.45) is 4.25. The molecule has 0 aliphatic carbocycles. The third kappa shape index (κ3) is 5.25. The Kier molecular flexibility index (Phi) is 7.80. The lowest BCUT2D eigenvalue weighted by Crippen LogP contribution is -1.97. The molecule has 8 heteroatoms. The van der Waals surface area contributed by atoms with E-state index in [1.165, 1.54) is 0 Å². The number of carboxylic acids is 2. The number of nitrogens with zero attached hydrogens (tertiary/aromatic N) is 3. The summed E-state index contributed by atoms with van der Waals surface area (Å²) in [5.74, 6) is -1.77. The zero-order chi connectivity index (χ0) is 31.2. The van der Waals surface area contributed by atoms with E-state index in [2.05, 4.69) is 42.6 Å². The number of carbonyl (C=O) groups is 2. The van der Waals surface area contributed by atoms with Gasteiger partial charge in [-0.25, -0.2) is 9.97 Å². The van der Waals surface area contributed by atoms with Crippen molar-refractivity contribution in [2.45, 2.75) is 53.4 Å². The number of aromatic amines is 1. The van der Waals surface area contributed by atoms with Gasteiger partial charge in [-0.05, 0) is 98.2 Å². The summed E-state index contributed by atoms with van der Waals surface area (Å²) in [5.41, 5.74) is 14.1. The summed E-state index contributed by atoms with van der Waals surface area (Å²) >= 11 is 0.